The second-order valence-corrected chi connectivity index (χ2v) is 7.61. The number of hydrogen-bond acceptors (Lipinski definition) is 4. The predicted octanol–water partition coefficient (Wildman–Crippen LogP) is 5.03. The van der Waals surface area contributed by atoms with Crippen LogP contribution < -0.4 is 0 Å². The Morgan fingerprint density at radius 3 is 2.41 bits per heavy atom. The molecule has 0 aromatic rings. The number of hydrogen-bond donors (Lipinski definition) is 0. The fourth-order valence-electron chi connectivity index (χ4n) is 5.08. The van der Waals surface area contributed by atoms with Gasteiger partial charge in [-0.1, -0.05) is 13.8 Å². The average molecular weight is 536 g/mol. The molecular weight excluding hydrogens is 510 g/mol. The second-order valence-electron chi connectivity index (χ2n) is 7.61. The van der Waals surface area contributed by atoms with Crippen molar-refractivity contribution >= 4 is 37.2 Å². The molecule has 6 heteroatoms. The largest absolute Gasteiger partial charge is 0.346 e. The van der Waals surface area contributed by atoms with E-state index in [2.05, 4.69) is 58.0 Å². The van der Waals surface area contributed by atoms with Crippen molar-refractivity contribution in [2.45, 2.75) is 77.2 Å². The maximum absolute atomic E-state index is 6.23. The third-order valence-corrected chi connectivity index (χ3v) is 6.49. The molecule has 0 aromatic heterocycles. The van der Waals surface area contributed by atoms with Gasteiger partial charge in [0.15, 0.2) is 11.9 Å². The highest BCUT2D eigenvalue weighted by molar-refractivity contribution is 15.0. The molecule has 4 saturated heterocycles. The highest BCUT2D eigenvalue weighted by atomic mass is 128. The molecule has 128 valence electrons. The molecule has 4 nitrogen and oxygen atoms in total. The molecule has 3 unspecified atom stereocenters. The van der Waals surface area contributed by atoms with E-state index in [-0.39, 0.29) is 18.0 Å². The Morgan fingerprint density at radius 1 is 0.955 bits per heavy atom. The molecule has 0 aromatic carbocycles. The SMILES string of the molecule is CC1O[C@@H]2O[C@@]3(C)CC[C@H]4[C@H](C)CCC([C@H]1C)C24OO3.II. The number of halogens is 2. The van der Waals surface area contributed by atoms with Crippen LogP contribution in [0.1, 0.15) is 53.4 Å². The Balaban J connectivity index is 0.000000693. The van der Waals surface area contributed by atoms with E-state index < -0.39 is 5.79 Å². The van der Waals surface area contributed by atoms with Crippen LogP contribution in [0.15, 0.2) is 0 Å². The maximum atomic E-state index is 6.23. The average Bonchev–Trinajstić information content (AvgIpc) is 2.73. The van der Waals surface area contributed by atoms with Crippen molar-refractivity contribution in [3.05, 3.63) is 0 Å². The van der Waals surface area contributed by atoms with Crippen LogP contribution in [0.2, 0.25) is 0 Å². The first-order chi connectivity index (χ1) is 10.5. The van der Waals surface area contributed by atoms with Gasteiger partial charge < -0.3 is 9.47 Å². The molecule has 8 atom stereocenters. The summed E-state index contributed by atoms with van der Waals surface area (Å²) < 4.78 is 12.5. The van der Waals surface area contributed by atoms with Crippen molar-refractivity contribution in [3.8, 4) is 0 Å². The Labute approximate surface area is 156 Å². The van der Waals surface area contributed by atoms with E-state index in [1.807, 2.05) is 6.92 Å². The van der Waals surface area contributed by atoms with Crippen LogP contribution in [0.25, 0.3) is 0 Å². The summed E-state index contributed by atoms with van der Waals surface area (Å²) in [6.45, 7) is 8.77. The van der Waals surface area contributed by atoms with Crippen LogP contribution in [0.3, 0.4) is 0 Å². The fourth-order valence-corrected chi connectivity index (χ4v) is 5.08. The molecule has 2 bridgehead atoms. The van der Waals surface area contributed by atoms with E-state index in [9.17, 15) is 0 Å². The number of fused-ring (bicyclic) bond motifs is 2. The van der Waals surface area contributed by atoms with Crippen molar-refractivity contribution in [1.29, 1.82) is 0 Å². The molecule has 22 heavy (non-hydrogen) atoms. The van der Waals surface area contributed by atoms with Gasteiger partial charge in [-0.3, -0.25) is 0 Å². The van der Waals surface area contributed by atoms with Crippen LogP contribution in [0, 0.1) is 23.7 Å². The first-order valence-corrected chi connectivity index (χ1v) is 14.6. The molecule has 0 N–H and O–H groups in total. The highest BCUT2D eigenvalue weighted by Crippen LogP contribution is 2.60. The summed E-state index contributed by atoms with van der Waals surface area (Å²) in [5.74, 6) is 1.44. The first kappa shape index (κ1) is 18.1. The van der Waals surface area contributed by atoms with Crippen molar-refractivity contribution < 1.29 is 19.2 Å². The van der Waals surface area contributed by atoms with Crippen LogP contribution in [0.4, 0.5) is 0 Å². The molecule has 5 fully saturated rings. The molecule has 1 saturated carbocycles. The van der Waals surface area contributed by atoms with Gasteiger partial charge in [0, 0.05) is 49.6 Å². The minimum Gasteiger partial charge on any atom is -0.346 e. The third-order valence-electron chi connectivity index (χ3n) is 6.49. The summed E-state index contributed by atoms with van der Waals surface area (Å²) in [6.07, 6.45) is 4.41. The Bertz CT molecular complexity index is 419. The van der Waals surface area contributed by atoms with E-state index in [1.165, 1.54) is 12.8 Å². The third kappa shape index (κ3) is 2.58. The van der Waals surface area contributed by atoms with Gasteiger partial charge in [0.2, 0.25) is 5.79 Å². The molecule has 4 heterocycles. The van der Waals surface area contributed by atoms with Crippen molar-refractivity contribution in [2.75, 3.05) is 0 Å². The van der Waals surface area contributed by atoms with Crippen molar-refractivity contribution in [1.82, 2.24) is 0 Å². The topological polar surface area (TPSA) is 36.9 Å². The van der Waals surface area contributed by atoms with Crippen LogP contribution in [0.5, 0.6) is 0 Å². The lowest BCUT2D eigenvalue weighted by atomic mass is 9.57. The molecule has 0 amide bonds. The van der Waals surface area contributed by atoms with E-state index >= 15 is 0 Å². The number of ether oxygens (including phenoxy) is 2. The quantitative estimate of drug-likeness (QED) is 0.322. The van der Waals surface area contributed by atoms with Crippen LogP contribution in [-0.4, -0.2) is 23.8 Å². The summed E-state index contributed by atoms with van der Waals surface area (Å²) in [5, 5.41) is 0. The Morgan fingerprint density at radius 2 is 1.68 bits per heavy atom. The standard InChI is InChI=1S/C16H26O4.I2/c1-9-5-6-13-10(2)11(3)17-14-16(13)12(9)7-8-15(4,18-14)19-20-16;1-2/h9-14H,5-8H2,1-4H3;/t9-,10+,11?,12+,13?,14-,15-,16?;/m1./s1. The van der Waals surface area contributed by atoms with E-state index in [0.29, 0.717) is 23.7 Å². The van der Waals surface area contributed by atoms with E-state index in [0.717, 1.165) is 12.8 Å². The Hall–Kier alpha value is 1.30. The highest BCUT2D eigenvalue weighted by Gasteiger charge is 2.68. The Kier molecular flexibility index (Phi) is 5.39. The molecule has 0 radical (unpaired) electrons. The molecule has 1 spiro atoms. The van der Waals surface area contributed by atoms with Gasteiger partial charge in [-0.2, -0.15) is 0 Å². The van der Waals surface area contributed by atoms with Gasteiger partial charge >= 0.3 is 0 Å². The zero-order chi connectivity index (χ0) is 16.1. The molecule has 4 aliphatic heterocycles. The van der Waals surface area contributed by atoms with Gasteiger partial charge in [-0.15, -0.1) is 0 Å². The lowest BCUT2D eigenvalue weighted by Gasteiger charge is -2.60. The fraction of sp³-hybridized carbons (Fsp3) is 1.00. The van der Waals surface area contributed by atoms with Gasteiger partial charge in [0.05, 0.1) is 6.10 Å². The van der Waals surface area contributed by atoms with Crippen molar-refractivity contribution in [3.63, 3.8) is 0 Å². The van der Waals surface area contributed by atoms with E-state index in [4.69, 9.17) is 19.2 Å². The lowest BCUT2D eigenvalue weighted by molar-refractivity contribution is -0.570. The smallest absolute Gasteiger partial charge is 0.201 e. The lowest BCUT2D eigenvalue weighted by Crippen LogP contribution is -2.70. The normalized spacial score (nSPS) is 56.5. The molecule has 5 rings (SSSR count). The molecule has 1 aliphatic carbocycles. The number of rotatable bonds is 0. The monoisotopic (exact) mass is 536 g/mol. The summed E-state index contributed by atoms with van der Waals surface area (Å²) >= 11 is 4.24. The van der Waals surface area contributed by atoms with Gasteiger partial charge in [-0.25, -0.2) is 9.78 Å². The van der Waals surface area contributed by atoms with Crippen LogP contribution in [-0.2, 0) is 19.2 Å². The van der Waals surface area contributed by atoms with Gasteiger partial charge in [0.1, 0.15) is 0 Å². The summed E-state index contributed by atoms with van der Waals surface area (Å²) in [5.41, 5.74) is -0.389. The van der Waals surface area contributed by atoms with Crippen molar-refractivity contribution in [2.24, 2.45) is 23.7 Å². The molecule has 5 aliphatic rings. The van der Waals surface area contributed by atoms with Gasteiger partial charge in [-0.05, 0) is 50.9 Å². The minimum atomic E-state index is -0.641. The summed E-state index contributed by atoms with van der Waals surface area (Å²) in [6, 6.07) is 0. The molecular formula is C16H26I2O4. The van der Waals surface area contributed by atoms with E-state index in [1.54, 1.807) is 0 Å². The second kappa shape index (κ2) is 6.55. The summed E-state index contributed by atoms with van der Waals surface area (Å²) in [4.78, 5) is 11.8. The predicted molar refractivity (Wildman–Crippen MR) is 101 cm³/mol. The zero-order valence-electron chi connectivity index (χ0n) is 13.7. The van der Waals surface area contributed by atoms with Gasteiger partial charge in [0.25, 0.3) is 0 Å². The zero-order valence-corrected chi connectivity index (χ0v) is 18.0. The first-order valence-electron chi connectivity index (χ1n) is 8.31. The van der Waals surface area contributed by atoms with Crippen LogP contribution >= 0.6 is 37.2 Å². The summed E-state index contributed by atoms with van der Waals surface area (Å²) in [7, 11) is 0. The minimum absolute atomic E-state index is 0.219. The maximum Gasteiger partial charge on any atom is 0.201 e.